The molecule has 0 aliphatic heterocycles. The Morgan fingerprint density at radius 3 is 2.41 bits per heavy atom. The number of aryl methyl sites for hydroxylation is 1. The molecule has 0 radical (unpaired) electrons. The van der Waals surface area contributed by atoms with Crippen LogP contribution < -0.4 is 10.0 Å². The Bertz CT molecular complexity index is 1350. The highest BCUT2D eigenvalue weighted by molar-refractivity contribution is 7.98. The van der Waals surface area contributed by atoms with Crippen LogP contribution in [0.1, 0.15) is 48.6 Å². The van der Waals surface area contributed by atoms with Gasteiger partial charge in [0.1, 0.15) is 10.9 Å². The molecule has 0 saturated heterocycles. The van der Waals surface area contributed by atoms with E-state index in [4.69, 9.17) is 9.72 Å². The summed E-state index contributed by atoms with van der Waals surface area (Å²) in [5, 5.41) is 2.90. The number of esters is 1. The van der Waals surface area contributed by atoms with E-state index in [9.17, 15) is 18.0 Å². The fourth-order valence-corrected chi connectivity index (χ4v) is 5.62. The summed E-state index contributed by atoms with van der Waals surface area (Å²) in [7, 11) is -2.73. The van der Waals surface area contributed by atoms with Gasteiger partial charge in [-0.15, -0.1) is 11.8 Å². The smallest absolute Gasteiger partial charge is 0.357 e. The first kappa shape index (κ1) is 28.3. The second kappa shape index (κ2) is 12.8. The zero-order chi connectivity index (χ0) is 27.0. The number of urea groups is 1. The topological polar surface area (TPSA) is 119 Å². The number of aromatic nitrogens is 2. The summed E-state index contributed by atoms with van der Waals surface area (Å²) in [5.74, 6) is 0.427. The molecule has 1 heterocycles. The molecule has 3 aromatic rings. The number of nitrogens with zero attached hydrogens (tertiary/aromatic N) is 2. The lowest BCUT2D eigenvalue weighted by Gasteiger charge is -2.14. The average molecular weight is 545 g/mol. The molecule has 0 saturated carbocycles. The van der Waals surface area contributed by atoms with Gasteiger partial charge in [0.15, 0.2) is 5.69 Å². The fourth-order valence-electron chi connectivity index (χ4n) is 3.85. The quantitative estimate of drug-likeness (QED) is 0.270. The number of hydrogen-bond donors (Lipinski definition) is 2. The lowest BCUT2D eigenvalue weighted by atomic mass is 10.0. The van der Waals surface area contributed by atoms with Gasteiger partial charge in [0.25, 0.3) is 10.0 Å². The summed E-state index contributed by atoms with van der Waals surface area (Å²) >= 11 is 1.41. The van der Waals surface area contributed by atoms with Crippen molar-refractivity contribution in [1.82, 2.24) is 19.6 Å². The number of benzene rings is 2. The molecule has 3 rings (SSSR count). The molecule has 9 nitrogen and oxygen atoms in total. The Kier molecular flexibility index (Phi) is 9.76. The summed E-state index contributed by atoms with van der Waals surface area (Å²) < 4.78 is 34.8. The van der Waals surface area contributed by atoms with E-state index >= 15 is 0 Å². The van der Waals surface area contributed by atoms with Crippen LogP contribution >= 0.6 is 11.8 Å². The highest BCUT2D eigenvalue weighted by Crippen LogP contribution is 2.29. The van der Waals surface area contributed by atoms with Crippen LogP contribution in [0.2, 0.25) is 0 Å². The number of amides is 2. The van der Waals surface area contributed by atoms with Crippen LogP contribution in [-0.2, 0) is 27.7 Å². The number of hydrogen-bond acceptors (Lipinski definition) is 7. The van der Waals surface area contributed by atoms with Crippen molar-refractivity contribution in [2.45, 2.75) is 49.6 Å². The van der Waals surface area contributed by atoms with E-state index in [2.05, 4.69) is 12.2 Å². The number of sulfonamides is 1. The van der Waals surface area contributed by atoms with Crippen LogP contribution in [0, 0.1) is 0 Å². The van der Waals surface area contributed by atoms with Gasteiger partial charge in [-0.2, -0.15) is 0 Å². The Labute approximate surface area is 222 Å². The fraction of sp³-hybridized carbons (Fsp3) is 0.346. The van der Waals surface area contributed by atoms with Gasteiger partial charge in [0, 0.05) is 25.6 Å². The molecular formula is C26H32N4O5S2. The number of ether oxygens (including phenoxy) is 1. The maximum atomic E-state index is 12.8. The zero-order valence-electron chi connectivity index (χ0n) is 21.4. The summed E-state index contributed by atoms with van der Waals surface area (Å²) in [6, 6.07) is 13.1. The molecule has 2 amide bonds. The third-order valence-corrected chi connectivity index (χ3v) is 7.73. The normalized spacial score (nSPS) is 11.2. The standard InChI is InChI=1S/C26H32N4O5S2/c1-5-7-12-22-28-24(36-4)23(25(31)35-6-2)30(22)17-18-13-15-19(16-14-18)20-10-8-9-11-21(20)37(33,34)29-26(32)27-3/h8-11,13-16H,5-7,12,17H2,1-4H3,(H2,27,29,32). The molecular weight excluding hydrogens is 512 g/mol. The van der Waals surface area contributed by atoms with Gasteiger partial charge in [-0.1, -0.05) is 55.8 Å². The summed E-state index contributed by atoms with van der Waals surface area (Å²) in [6.45, 7) is 4.57. The summed E-state index contributed by atoms with van der Waals surface area (Å²) in [5.41, 5.74) is 2.50. The van der Waals surface area contributed by atoms with E-state index < -0.39 is 22.0 Å². The summed E-state index contributed by atoms with van der Waals surface area (Å²) in [6.07, 6.45) is 4.58. The largest absolute Gasteiger partial charge is 0.461 e. The van der Waals surface area contributed by atoms with Crippen LogP contribution in [0.4, 0.5) is 4.79 Å². The van der Waals surface area contributed by atoms with Gasteiger partial charge in [0.05, 0.1) is 11.5 Å². The van der Waals surface area contributed by atoms with Crippen molar-refractivity contribution in [3.63, 3.8) is 0 Å². The predicted molar refractivity (Wildman–Crippen MR) is 144 cm³/mol. The van der Waals surface area contributed by atoms with Crippen LogP contribution in [0.3, 0.4) is 0 Å². The van der Waals surface area contributed by atoms with Crippen molar-refractivity contribution >= 4 is 33.8 Å². The molecule has 198 valence electrons. The number of carbonyl (C=O) groups excluding carboxylic acids is 2. The Morgan fingerprint density at radius 2 is 1.78 bits per heavy atom. The number of thioether (sulfide) groups is 1. The van der Waals surface area contributed by atoms with Crippen molar-refractivity contribution in [2.75, 3.05) is 19.9 Å². The van der Waals surface area contributed by atoms with E-state index in [1.807, 2.05) is 39.8 Å². The number of rotatable bonds is 11. The van der Waals surface area contributed by atoms with Gasteiger partial charge >= 0.3 is 12.0 Å². The number of nitrogens with one attached hydrogen (secondary N) is 2. The Balaban J connectivity index is 1.97. The summed E-state index contributed by atoms with van der Waals surface area (Å²) in [4.78, 5) is 29.2. The predicted octanol–water partition coefficient (Wildman–Crippen LogP) is 4.46. The maximum Gasteiger partial charge on any atom is 0.357 e. The van der Waals surface area contributed by atoms with Crippen molar-refractivity contribution in [2.24, 2.45) is 0 Å². The van der Waals surface area contributed by atoms with Gasteiger partial charge in [-0.3, -0.25) is 0 Å². The third-order valence-electron chi connectivity index (χ3n) is 5.67. The van der Waals surface area contributed by atoms with E-state index in [0.29, 0.717) is 28.4 Å². The minimum Gasteiger partial charge on any atom is -0.461 e. The molecule has 0 spiro atoms. The first-order chi connectivity index (χ1) is 17.7. The molecule has 37 heavy (non-hydrogen) atoms. The lowest BCUT2D eigenvalue weighted by Crippen LogP contribution is -2.37. The van der Waals surface area contributed by atoms with Crippen molar-refractivity contribution in [3.8, 4) is 11.1 Å². The molecule has 11 heteroatoms. The second-order valence-corrected chi connectivity index (χ2v) is 10.6. The molecule has 0 aliphatic carbocycles. The van der Waals surface area contributed by atoms with E-state index in [0.717, 1.165) is 30.7 Å². The van der Waals surface area contributed by atoms with Crippen molar-refractivity contribution < 1.29 is 22.7 Å². The van der Waals surface area contributed by atoms with E-state index in [1.165, 1.54) is 24.9 Å². The molecule has 1 aromatic heterocycles. The molecule has 0 unspecified atom stereocenters. The minimum absolute atomic E-state index is 0.00276. The molecule has 0 bridgehead atoms. The molecule has 0 aliphatic rings. The van der Waals surface area contributed by atoms with E-state index in [-0.39, 0.29) is 11.5 Å². The molecule has 0 fully saturated rings. The van der Waals surface area contributed by atoms with Crippen LogP contribution in [0.15, 0.2) is 58.5 Å². The molecule has 2 aromatic carbocycles. The highest BCUT2D eigenvalue weighted by Gasteiger charge is 2.24. The van der Waals surface area contributed by atoms with Gasteiger partial charge in [-0.05, 0) is 36.8 Å². The Hall–Kier alpha value is -3.31. The molecule has 2 N–H and O–H groups in total. The van der Waals surface area contributed by atoms with Gasteiger partial charge < -0.3 is 14.6 Å². The molecule has 0 atom stereocenters. The second-order valence-electron chi connectivity index (χ2n) is 8.17. The maximum absolute atomic E-state index is 12.8. The van der Waals surface area contributed by atoms with Crippen LogP contribution in [0.25, 0.3) is 11.1 Å². The minimum atomic E-state index is -4.07. The highest BCUT2D eigenvalue weighted by atomic mass is 32.2. The first-order valence-corrected chi connectivity index (χ1v) is 14.7. The number of unbranched alkanes of at least 4 members (excludes halogenated alkanes) is 1. The SMILES string of the molecule is CCCCc1nc(SC)c(C(=O)OCC)n1Cc1ccc(-c2ccccc2S(=O)(=O)NC(=O)NC)cc1. The van der Waals surface area contributed by atoms with Gasteiger partial charge in [0.2, 0.25) is 0 Å². The number of imidazole rings is 1. The van der Waals surface area contributed by atoms with Crippen molar-refractivity contribution in [3.05, 3.63) is 65.6 Å². The Morgan fingerprint density at radius 1 is 1.08 bits per heavy atom. The number of carbonyl (C=O) groups is 2. The third kappa shape index (κ3) is 6.72. The monoisotopic (exact) mass is 544 g/mol. The van der Waals surface area contributed by atoms with Crippen molar-refractivity contribution in [1.29, 1.82) is 0 Å². The van der Waals surface area contributed by atoms with Crippen LogP contribution in [0.5, 0.6) is 0 Å². The average Bonchev–Trinajstić information content (AvgIpc) is 3.24. The zero-order valence-corrected chi connectivity index (χ0v) is 23.0. The van der Waals surface area contributed by atoms with E-state index in [1.54, 1.807) is 25.1 Å². The first-order valence-electron chi connectivity index (χ1n) is 12.0. The van der Waals surface area contributed by atoms with Gasteiger partial charge in [-0.25, -0.2) is 27.7 Å². The lowest BCUT2D eigenvalue weighted by molar-refractivity contribution is 0.0509. The van der Waals surface area contributed by atoms with Crippen LogP contribution in [-0.4, -0.2) is 49.9 Å².